The Labute approximate surface area is 147 Å². The Balaban J connectivity index is 1.95. The van der Waals surface area contributed by atoms with Crippen molar-refractivity contribution in [2.75, 3.05) is 0 Å². The fourth-order valence-electron chi connectivity index (χ4n) is 2.17. The fraction of sp³-hybridized carbons (Fsp3) is 0.0667. The first-order chi connectivity index (χ1) is 10.5. The molecule has 1 heterocycles. The fourth-order valence-corrected chi connectivity index (χ4v) is 3.09. The highest BCUT2D eigenvalue weighted by molar-refractivity contribution is 7.66. The first-order valence-corrected chi connectivity index (χ1v) is 7.95. The molecule has 0 aliphatic heterocycles. The molecule has 0 aliphatic carbocycles. The maximum atomic E-state index is 6.23. The molecule has 3 rings (SSSR count). The predicted molar refractivity (Wildman–Crippen MR) is 92.4 cm³/mol. The summed E-state index contributed by atoms with van der Waals surface area (Å²) in [5.41, 5.74) is 2.72. The third kappa shape index (κ3) is 3.36. The Hall–Kier alpha value is -1.33. The Morgan fingerprint density at radius 1 is 1.05 bits per heavy atom. The summed E-state index contributed by atoms with van der Waals surface area (Å²) in [5, 5.41) is 4.95. The van der Waals surface area contributed by atoms with Gasteiger partial charge in [0.05, 0.1) is 15.1 Å². The molecule has 2 aromatic carbocycles. The summed E-state index contributed by atoms with van der Waals surface area (Å²) >= 11 is 23.5. The summed E-state index contributed by atoms with van der Waals surface area (Å²) in [7, 11) is 0. The zero-order chi connectivity index (χ0) is 15.7. The molecule has 0 radical (unpaired) electrons. The van der Waals surface area contributed by atoms with E-state index in [1.807, 2.05) is 41.2 Å². The number of aromatic nitrogens is 3. The number of benzene rings is 2. The molecule has 0 amide bonds. The molecule has 0 fully saturated rings. The second-order valence-electron chi connectivity index (χ2n) is 4.78. The third-order valence-electron chi connectivity index (χ3n) is 3.18. The molecule has 0 atom stereocenters. The maximum absolute atomic E-state index is 6.23. The van der Waals surface area contributed by atoms with E-state index in [9.17, 15) is 0 Å². The van der Waals surface area contributed by atoms with Crippen molar-refractivity contribution in [2.45, 2.75) is 6.54 Å². The normalized spacial score (nSPS) is 10.9. The molecular formula is C15H11Cl3N3S+. The molecule has 3 aromatic rings. The lowest BCUT2D eigenvalue weighted by atomic mass is 10.2. The summed E-state index contributed by atoms with van der Waals surface area (Å²) in [5.74, 6) is 0. The first-order valence-electron chi connectivity index (χ1n) is 6.45. The Bertz CT molecular complexity index is 886. The molecule has 1 aromatic heterocycles. The molecule has 7 heteroatoms. The second kappa shape index (κ2) is 6.42. The van der Waals surface area contributed by atoms with Crippen LogP contribution in [0.1, 0.15) is 5.56 Å². The number of nitrogens with zero attached hydrogens (tertiary/aromatic N) is 2. The van der Waals surface area contributed by atoms with E-state index in [1.54, 1.807) is 12.1 Å². The van der Waals surface area contributed by atoms with Gasteiger partial charge in [-0.05, 0) is 35.9 Å². The van der Waals surface area contributed by atoms with Crippen LogP contribution in [-0.4, -0.2) is 9.78 Å². The Morgan fingerprint density at radius 2 is 1.82 bits per heavy atom. The van der Waals surface area contributed by atoms with E-state index < -0.39 is 0 Å². The number of halogens is 3. The molecular weight excluding hydrogens is 361 g/mol. The van der Waals surface area contributed by atoms with Crippen LogP contribution in [0.5, 0.6) is 0 Å². The van der Waals surface area contributed by atoms with E-state index in [0.29, 0.717) is 21.6 Å². The highest BCUT2D eigenvalue weighted by atomic mass is 35.5. The summed E-state index contributed by atoms with van der Waals surface area (Å²) in [6.07, 6.45) is 1.91. The molecule has 22 heavy (non-hydrogen) atoms. The quantitative estimate of drug-likeness (QED) is 0.643. The van der Waals surface area contributed by atoms with Crippen LogP contribution < -0.4 is 3.84 Å². The highest BCUT2D eigenvalue weighted by Crippen LogP contribution is 2.28. The van der Waals surface area contributed by atoms with Crippen LogP contribution in [0.15, 0.2) is 48.7 Å². The predicted octanol–water partition coefficient (Wildman–Crippen LogP) is 5.02. The molecule has 0 saturated carbocycles. The number of H-pyrrole nitrogens is 1. The number of aromatic amines is 1. The zero-order valence-electron chi connectivity index (χ0n) is 11.3. The van der Waals surface area contributed by atoms with Gasteiger partial charge < -0.3 is 0 Å². The van der Waals surface area contributed by atoms with Gasteiger partial charge in [0.1, 0.15) is 12.2 Å². The van der Waals surface area contributed by atoms with Gasteiger partial charge in [-0.3, -0.25) is 0 Å². The Kier molecular flexibility index (Phi) is 4.54. The van der Waals surface area contributed by atoms with Crippen molar-refractivity contribution in [3.63, 3.8) is 0 Å². The number of nitrogens with one attached hydrogen (secondary N) is 1. The molecule has 3 nitrogen and oxygen atoms in total. The van der Waals surface area contributed by atoms with Crippen molar-refractivity contribution in [1.82, 2.24) is 9.78 Å². The molecule has 0 unspecified atom stereocenters. The van der Waals surface area contributed by atoms with Gasteiger partial charge in [0.2, 0.25) is 0 Å². The summed E-state index contributed by atoms with van der Waals surface area (Å²) < 4.78 is 3.35. The molecule has 0 bridgehead atoms. The SMILES string of the molecule is S=[n+]1[nH]c(-c2ccc(Cl)cc2Cl)cn1Cc1cccc(Cl)c1. The zero-order valence-corrected chi connectivity index (χ0v) is 14.3. The van der Waals surface area contributed by atoms with Crippen LogP contribution in [-0.2, 0) is 6.54 Å². The van der Waals surface area contributed by atoms with Crippen molar-refractivity contribution in [3.05, 3.63) is 69.3 Å². The van der Waals surface area contributed by atoms with Crippen LogP contribution in [0.3, 0.4) is 0 Å². The largest absolute Gasteiger partial charge is 0.335 e. The standard InChI is InChI=1S/C15H11Cl3N3S/c16-11-3-1-2-10(6-11)8-20-9-15(19-21(20)22)13-5-4-12(17)7-14(13)18/h1-7,9H,8H2,(H,19,22)/q+1. The lowest BCUT2D eigenvalue weighted by Gasteiger charge is -1.99. The van der Waals surface area contributed by atoms with Crippen LogP contribution in [0.2, 0.25) is 15.1 Å². The van der Waals surface area contributed by atoms with E-state index in [-0.39, 0.29) is 0 Å². The maximum Gasteiger partial charge on any atom is 0.335 e. The summed E-state index contributed by atoms with van der Waals surface area (Å²) in [6.45, 7) is 0.603. The number of hydrogen-bond acceptors (Lipinski definition) is 1. The third-order valence-corrected chi connectivity index (χ3v) is 4.27. The highest BCUT2D eigenvalue weighted by Gasteiger charge is 2.13. The topological polar surface area (TPSA) is 26.6 Å². The Morgan fingerprint density at radius 3 is 2.55 bits per heavy atom. The van der Waals surface area contributed by atoms with Crippen LogP contribution >= 0.6 is 47.2 Å². The van der Waals surface area contributed by atoms with Crippen molar-refractivity contribution < 1.29 is 3.84 Å². The first kappa shape index (κ1) is 15.6. The van der Waals surface area contributed by atoms with E-state index in [1.165, 1.54) is 3.84 Å². The molecule has 0 saturated heterocycles. The molecule has 112 valence electrons. The van der Waals surface area contributed by atoms with Gasteiger partial charge in [-0.2, -0.15) is 0 Å². The van der Waals surface area contributed by atoms with Gasteiger partial charge in [0.25, 0.3) is 0 Å². The van der Waals surface area contributed by atoms with Gasteiger partial charge in [-0.25, -0.2) is 0 Å². The molecule has 1 N–H and O–H groups in total. The van der Waals surface area contributed by atoms with Crippen molar-refractivity contribution in [2.24, 2.45) is 0 Å². The van der Waals surface area contributed by atoms with Crippen molar-refractivity contribution in [1.29, 1.82) is 0 Å². The van der Waals surface area contributed by atoms with Gasteiger partial charge in [0.15, 0.2) is 0 Å². The minimum absolute atomic E-state index is 0.569. The van der Waals surface area contributed by atoms with Gasteiger partial charge >= 0.3 is 12.4 Å². The average molecular weight is 372 g/mol. The van der Waals surface area contributed by atoms with Crippen LogP contribution in [0, 0.1) is 0 Å². The average Bonchev–Trinajstić information content (AvgIpc) is 2.80. The molecule has 0 spiro atoms. The van der Waals surface area contributed by atoms with Crippen LogP contribution in [0.25, 0.3) is 11.3 Å². The van der Waals surface area contributed by atoms with E-state index in [4.69, 9.17) is 47.2 Å². The van der Waals surface area contributed by atoms with E-state index in [0.717, 1.165) is 16.8 Å². The van der Waals surface area contributed by atoms with E-state index >= 15 is 0 Å². The van der Waals surface area contributed by atoms with Gasteiger partial charge in [0, 0.05) is 15.6 Å². The second-order valence-corrected chi connectivity index (χ2v) is 6.41. The van der Waals surface area contributed by atoms with Gasteiger partial charge in [-0.1, -0.05) is 46.9 Å². The minimum Gasteiger partial charge on any atom is -0.121 e. The van der Waals surface area contributed by atoms with Crippen LogP contribution in [0.4, 0.5) is 0 Å². The van der Waals surface area contributed by atoms with Crippen molar-refractivity contribution >= 4 is 47.2 Å². The molecule has 0 aliphatic rings. The minimum atomic E-state index is 0.569. The summed E-state index contributed by atoms with van der Waals surface area (Å²) in [6, 6.07) is 13.0. The summed E-state index contributed by atoms with van der Waals surface area (Å²) in [4.78, 5) is 0. The number of hydrogen-bond donors (Lipinski definition) is 1. The lowest BCUT2D eigenvalue weighted by molar-refractivity contribution is -0.599. The monoisotopic (exact) mass is 370 g/mol. The van der Waals surface area contributed by atoms with Crippen molar-refractivity contribution in [3.8, 4) is 11.3 Å². The van der Waals surface area contributed by atoms with E-state index in [2.05, 4.69) is 5.10 Å². The van der Waals surface area contributed by atoms with Gasteiger partial charge in [-0.15, -0.1) is 9.78 Å². The lowest BCUT2D eigenvalue weighted by Crippen LogP contribution is -2.27. The number of rotatable bonds is 3. The smallest absolute Gasteiger partial charge is 0.121 e.